The van der Waals surface area contributed by atoms with Crippen LogP contribution in [0.2, 0.25) is 10.0 Å². The minimum absolute atomic E-state index is 0.0974. The normalized spacial score (nSPS) is 15.0. The van der Waals surface area contributed by atoms with Gasteiger partial charge < -0.3 is 10.2 Å². The lowest BCUT2D eigenvalue weighted by Gasteiger charge is -2.30. The molecule has 0 atom stereocenters. The molecule has 1 aliphatic rings. The molecule has 0 saturated carbocycles. The van der Waals surface area contributed by atoms with Crippen LogP contribution in [0.15, 0.2) is 36.7 Å². The molecular formula is C19H19Cl2N3O2. The number of hydrogen-bond acceptors (Lipinski definition) is 3. The summed E-state index contributed by atoms with van der Waals surface area (Å²) in [5.41, 5.74) is 1.10. The Morgan fingerprint density at radius 1 is 1.15 bits per heavy atom. The number of halogens is 2. The molecule has 2 amide bonds. The Labute approximate surface area is 162 Å². The number of anilines is 1. The molecule has 0 unspecified atom stereocenters. The molecule has 1 fully saturated rings. The van der Waals surface area contributed by atoms with Crippen molar-refractivity contribution in [2.24, 2.45) is 5.92 Å². The van der Waals surface area contributed by atoms with E-state index in [1.165, 1.54) is 12.4 Å². The number of nitrogens with zero attached hydrogens (tertiary/aromatic N) is 2. The summed E-state index contributed by atoms with van der Waals surface area (Å²) in [6, 6.07) is 6.55. The van der Waals surface area contributed by atoms with Gasteiger partial charge in [0.15, 0.2) is 0 Å². The largest absolute Gasteiger partial charge is 0.339 e. The molecule has 1 aromatic carbocycles. The van der Waals surface area contributed by atoms with Crippen LogP contribution in [-0.2, 0) is 0 Å². The third-order valence-electron chi connectivity index (χ3n) is 4.52. The van der Waals surface area contributed by atoms with Gasteiger partial charge in [0.1, 0.15) is 0 Å². The standard InChI is InChI=1S/C19H19Cl2N3O2/c1-12-5-7-24(8-6-12)19(26)14-9-13(10-22-11-14)18(25)23-16-4-2-3-15(20)17(16)21/h2-4,9-12H,5-8H2,1H3,(H,23,25). The molecule has 136 valence electrons. The monoisotopic (exact) mass is 391 g/mol. The number of nitrogens with one attached hydrogen (secondary N) is 1. The molecule has 7 heteroatoms. The van der Waals surface area contributed by atoms with Crippen LogP contribution in [0.3, 0.4) is 0 Å². The van der Waals surface area contributed by atoms with E-state index in [0.29, 0.717) is 22.2 Å². The van der Waals surface area contributed by atoms with Crippen molar-refractivity contribution in [2.75, 3.05) is 18.4 Å². The van der Waals surface area contributed by atoms with Gasteiger partial charge in [-0.05, 0) is 37.0 Å². The third kappa shape index (κ3) is 4.17. The lowest BCUT2D eigenvalue weighted by atomic mass is 9.98. The molecule has 0 radical (unpaired) electrons. The maximum Gasteiger partial charge on any atom is 0.257 e. The van der Waals surface area contributed by atoms with Crippen molar-refractivity contribution in [1.82, 2.24) is 9.88 Å². The van der Waals surface area contributed by atoms with E-state index < -0.39 is 5.91 Å². The average molecular weight is 392 g/mol. The first-order chi connectivity index (χ1) is 12.5. The number of carbonyl (C=O) groups is 2. The number of amides is 2. The van der Waals surface area contributed by atoms with E-state index in [4.69, 9.17) is 23.2 Å². The number of piperidine rings is 1. The SMILES string of the molecule is CC1CCN(C(=O)c2cncc(C(=O)Nc3cccc(Cl)c3Cl)c2)CC1. The first-order valence-electron chi connectivity index (χ1n) is 8.45. The van der Waals surface area contributed by atoms with Crippen molar-refractivity contribution in [1.29, 1.82) is 0 Å². The molecule has 0 spiro atoms. The Balaban J connectivity index is 1.75. The number of benzene rings is 1. The molecule has 26 heavy (non-hydrogen) atoms. The van der Waals surface area contributed by atoms with E-state index in [1.54, 1.807) is 24.3 Å². The van der Waals surface area contributed by atoms with Crippen LogP contribution in [0.1, 0.15) is 40.5 Å². The summed E-state index contributed by atoms with van der Waals surface area (Å²) in [5.74, 6) is 0.139. The molecule has 2 aromatic rings. The second-order valence-corrected chi connectivity index (χ2v) is 7.28. The van der Waals surface area contributed by atoms with Gasteiger partial charge in [-0.1, -0.05) is 36.2 Å². The second-order valence-electron chi connectivity index (χ2n) is 6.49. The zero-order valence-corrected chi connectivity index (χ0v) is 15.8. The van der Waals surface area contributed by atoms with Gasteiger partial charge in [-0.25, -0.2) is 0 Å². The molecule has 0 bridgehead atoms. The van der Waals surface area contributed by atoms with Crippen molar-refractivity contribution >= 4 is 40.7 Å². The van der Waals surface area contributed by atoms with Crippen LogP contribution in [0, 0.1) is 5.92 Å². The zero-order chi connectivity index (χ0) is 18.7. The molecule has 1 saturated heterocycles. The van der Waals surface area contributed by atoms with Gasteiger partial charge in [-0.15, -0.1) is 0 Å². The van der Waals surface area contributed by atoms with Crippen LogP contribution < -0.4 is 5.32 Å². The van der Waals surface area contributed by atoms with Crippen molar-refractivity contribution in [2.45, 2.75) is 19.8 Å². The highest BCUT2D eigenvalue weighted by molar-refractivity contribution is 6.44. The maximum absolute atomic E-state index is 12.7. The molecule has 1 aromatic heterocycles. The number of rotatable bonds is 3. The molecule has 1 N–H and O–H groups in total. The Bertz CT molecular complexity index is 833. The van der Waals surface area contributed by atoms with Crippen LogP contribution in [-0.4, -0.2) is 34.8 Å². The van der Waals surface area contributed by atoms with E-state index in [2.05, 4.69) is 17.2 Å². The van der Waals surface area contributed by atoms with Crippen molar-refractivity contribution in [3.05, 3.63) is 57.8 Å². The van der Waals surface area contributed by atoms with E-state index in [0.717, 1.165) is 25.9 Å². The summed E-state index contributed by atoms with van der Waals surface area (Å²) in [7, 11) is 0. The lowest BCUT2D eigenvalue weighted by Crippen LogP contribution is -2.38. The van der Waals surface area contributed by atoms with Crippen LogP contribution >= 0.6 is 23.2 Å². The summed E-state index contributed by atoms with van der Waals surface area (Å²) >= 11 is 12.1. The lowest BCUT2D eigenvalue weighted by molar-refractivity contribution is 0.0697. The molecule has 2 heterocycles. The summed E-state index contributed by atoms with van der Waals surface area (Å²) < 4.78 is 0. The third-order valence-corrected chi connectivity index (χ3v) is 5.34. The quantitative estimate of drug-likeness (QED) is 0.836. The van der Waals surface area contributed by atoms with Crippen molar-refractivity contribution < 1.29 is 9.59 Å². The van der Waals surface area contributed by atoms with Crippen LogP contribution in [0.25, 0.3) is 0 Å². The van der Waals surface area contributed by atoms with Gasteiger partial charge in [0.25, 0.3) is 11.8 Å². The van der Waals surface area contributed by atoms with Gasteiger partial charge in [-0.2, -0.15) is 0 Å². The average Bonchev–Trinajstić information content (AvgIpc) is 2.65. The fourth-order valence-corrected chi connectivity index (χ4v) is 3.22. The van der Waals surface area contributed by atoms with E-state index >= 15 is 0 Å². The minimum Gasteiger partial charge on any atom is -0.339 e. The molecule has 0 aliphatic carbocycles. The van der Waals surface area contributed by atoms with Gasteiger partial charge in [0.05, 0.1) is 26.9 Å². The molecule has 5 nitrogen and oxygen atoms in total. The first kappa shape index (κ1) is 18.7. The number of hydrogen-bond donors (Lipinski definition) is 1. The fourth-order valence-electron chi connectivity index (χ4n) is 2.87. The molecule has 3 rings (SSSR count). The van der Waals surface area contributed by atoms with Gasteiger partial charge in [0.2, 0.25) is 0 Å². The zero-order valence-electron chi connectivity index (χ0n) is 14.3. The summed E-state index contributed by atoms with van der Waals surface area (Å²) in [4.78, 5) is 31.0. The van der Waals surface area contributed by atoms with Crippen LogP contribution in [0.4, 0.5) is 5.69 Å². The molecule has 1 aliphatic heterocycles. The Hall–Kier alpha value is -2.11. The summed E-state index contributed by atoms with van der Waals surface area (Å²) in [6.45, 7) is 3.65. The summed E-state index contributed by atoms with van der Waals surface area (Å²) in [6.07, 6.45) is 4.89. The van der Waals surface area contributed by atoms with E-state index in [9.17, 15) is 9.59 Å². The van der Waals surface area contributed by atoms with Gasteiger partial charge in [-0.3, -0.25) is 14.6 Å². The minimum atomic E-state index is -0.399. The van der Waals surface area contributed by atoms with Crippen molar-refractivity contribution in [3.63, 3.8) is 0 Å². The topological polar surface area (TPSA) is 62.3 Å². The highest BCUT2D eigenvalue weighted by Gasteiger charge is 2.22. The predicted molar refractivity (Wildman–Crippen MR) is 103 cm³/mol. The van der Waals surface area contributed by atoms with Crippen LogP contribution in [0.5, 0.6) is 0 Å². The van der Waals surface area contributed by atoms with Gasteiger partial charge in [0, 0.05) is 25.5 Å². The number of pyridine rings is 1. The fraction of sp³-hybridized carbons (Fsp3) is 0.316. The predicted octanol–water partition coefficient (Wildman–Crippen LogP) is 4.51. The number of carbonyl (C=O) groups excluding carboxylic acids is 2. The highest BCUT2D eigenvalue weighted by Crippen LogP contribution is 2.29. The Morgan fingerprint density at radius 2 is 1.85 bits per heavy atom. The Kier molecular flexibility index (Phi) is 5.79. The van der Waals surface area contributed by atoms with Gasteiger partial charge >= 0.3 is 0 Å². The number of likely N-dealkylation sites (tertiary alicyclic amines) is 1. The summed E-state index contributed by atoms with van der Waals surface area (Å²) in [5, 5.41) is 3.32. The maximum atomic E-state index is 12.7. The smallest absolute Gasteiger partial charge is 0.257 e. The van der Waals surface area contributed by atoms with E-state index in [-0.39, 0.29) is 16.5 Å². The highest BCUT2D eigenvalue weighted by atomic mass is 35.5. The van der Waals surface area contributed by atoms with E-state index in [1.807, 2.05) is 4.90 Å². The second kappa shape index (κ2) is 8.06. The Morgan fingerprint density at radius 3 is 2.58 bits per heavy atom. The first-order valence-corrected chi connectivity index (χ1v) is 9.21. The molecular weight excluding hydrogens is 373 g/mol. The van der Waals surface area contributed by atoms with Crippen molar-refractivity contribution in [3.8, 4) is 0 Å². The number of aromatic nitrogens is 1.